The number of methoxy groups -OCH3 is 1. The van der Waals surface area contributed by atoms with Gasteiger partial charge in [-0.15, -0.1) is 0 Å². The molecular formula is C14H23NO4. The molecule has 108 valence electrons. The lowest BCUT2D eigenvalue weighted by Crippen LogP contribution is -2.24. The van der Waals surface area contributed by atoms with Gasteiger partial charge in [0.2, 0.25) is 0 Å². The number of ether oxygens (including phenoxy) is 3. The van der Waals surface area contributed by atoms with E-state index >= 15 is 0 Å². The summed E-state index contributed by atoms with van der Waals surface area (Å²) in [5.74, 6) is 0.702. The van der Waals surface area contributed by atoms with Gasteiger partial charge in [0, 0.05) is 18.7 Å². The van der Waals surface area contributed by atoms with E-state index in [1.165, 1.54) is 0 Å². The van der Waals surface area contributed by atoms with Gasteiger partial charge in [0.1, 0.15) is 18.5 Å². The molecule has 0 spiro atoms. The van der Waals surface area contributed by atoms with E-state index in [0.29, 0.717) is 19.0 Å². The van der Waals surface area contributed by atoms with Crippen molar-refractivity contribution in [1.29, 1.82) is 0 Å². The molecule has 0 aromatic heterocycles. The predicted molar refractivity (Wildman–Crippen MR) is 73.2 cm³/mol. The lowest BCUT2D eigenvalue weighted by molar-refractivity contribution is -0.00435. The van der Waals surface area contributed by atoms with Crippen LogP contribution in [0, 0.1) is 0 Å². The smallest absolute Gasteiger partial charge is 0.124 e. The first-order valence-electron chi connectivity index (χ1n) is 6.37. The van der Waals surface area contributed by atoms with Crippen molar-refractivity contribution in [2.24, 2.45) is 5.73 Å². The lowest BCUT2D eigenvalue weighted by atomic mass is 10.1. The maximum absolute atomic E-state index is 9.72. The van der Waals surface area contributed by atoms with Gasteiger partial charge >= 0.3 is 0 Å². The van der Waals surface area contributed by atoms with Crippen LogP contribution in [0.25, 0.3) is 0 Å². The van der Waals surface area contributed by atoms with Crippen molar-refractivity contribution in [3.63, 3.8) is 0 Å². The van der Waals surface area contributed by atoms with Crippen LogP contribution in [0.1, 0.15) is 18.5 Å². The van der Waals surface area contributed by atoms with Crippen molar-refractivity contribution in [1.82, 2.24) is 0 Å². The highest BCUT2D eigenvalue weighted by atomic mass is 16.5. The third-order valence-electron chi connectivity index (χ3n) is 2.58. The number of rotatable bonds is 9. The molecule has 0 aliphatic heterocycles. The molecule has 3 N–H and O–H groups in total. The minimum atomic E-state index is -0.669. The summed E-state index contributed by atoms with van der Waals surface area (Å²) in [6, 6.07) is 7.45. The van der Waals surface area contributed by atoms with Crippen LogP contribution >= 0.6 is 0 Å². The molecule has 19 heavy (non-hydrogen) atoms. The summed E-state index contributed by atoms with van der Waals surface area (Å²) in [5, 5.41) is 9.72. The average molecular weight is 269 g/mol. The average Bonchev–Trinajstić information content (AvgIpc) is 2.41. The number of aliphatic hydroxyl groups is 1. The number of aliphatic hydroxyl groups excluding tert-OH is 1. The molecule has 0 amide bonds. The molecule has 0 radical (unpaired) electrons. The molecule has 0 aliphatic carbocycles. The number of hydrogen-bond donors (Lipinski definition) is 2. The van der Waals surface area contributed by atoms with Crippen molar-refractivity contribution in [3.8, 4) is 5.75 Å². The van der Waals surface area contributed by atoms with Crippen LogP contribution in [0.4, 0.5) is 0 Å². The van der Waals surface area contributed by atoms with E-state index in [9.17, 15) is 5.11 Å². The summed E-state index contributed by atoms with van der Waals surface area (Å²) < 4.78 is 15.6. The second-order valence-corrected chi connectivity index (χ2v) is 4.36. The standard InChI is InChI=1S/C14H23NO4/c1-11(15)13-5-3-4-6-14(13)19-10-12(16)9-18-8-7-17-2/h3-6,11-12,16H,7-10,15H2,1-2H3. The number of para-hydroxylation sites is 1. The molecule has 2 unspecified atom stereocenters. The Morgan fingerprint density at radius 1 is 1.21 bits per heavy atom. The molecule has 5 heteroatoms. The van der Waals surface area contributed by atoms with Crippen molar-refractivity contribution in [3.05, 3.63) is 29.8 Å². The Balaban J connectivity index is 2.35. The summed E-state index contributed by atoms with van der Waals surface area (Å²) in [4.78, 5) is 0. The Hall–Kier alpha value is -1.14. The van der Waals surface area contributed by atoms with Gasteiger partial charge in [-0.3, -0.25) is 0 Å². The zero-order valence-electron chi connectivity index (χ0n) is 11.5. The third kappa shape index (κ3) is 6.02. The van der Waals surface area contributed by atoms with E-state index in [1.54, 1.807) is 7.11 Å². The van der Waals surface area contributed by atoms with Crippen LogP contribution in [0.3, 0.4) is 0 Å². The first-order chi connectivity index (χ1) is 9.15. The molecular weight excluding hydrogens is 246 g/mol. The van der Waals surface area contributed by atoms with Gasteiger partial charge in [0.05, 0.1) is 19.8 Å². The number of nitrogens with two attached hydrogens (primary N) is 1. The topological polar surface area (TPSA) is 73.9 Å². The van der Waals surface area contributed by atoms with E-state index < -0.39 is 6.10 Å². The molecule has 0 saturated heterocycles. The molecule has 0 bridgehead atoms. The van der Waals surface area contributed by atoms with Crippen LogP contribution in [0.2, 0.25) is 0 Å². The van der Waals surface area contributed by atoms with Crippen LogP contribution in [0.5, 0.6) is 5.75 Å². The van der Waals surface area contributed by atoms with Gasteiger partial charge < -0.3 is 25.1 Å². The summed E-state index contributed by atoms with van der Waals surface area (Å²) in [6.07, 6.45) is -0.669. The number of benzene rings is 1. The quantitative estimate of drug-likeness (QED) is 0.657. The van der Waals surface area contributed by atoms with Gasteiger partial charge in [0.25, 0.3) is 0 Å². The fourth-order valence-electron chi connectivity index (χ4n) is 1.58. The van der Waals surface area contributed by atoms with E-state index in [4.69, 9.17) is 19.9 Å². The number of hydrogen-bond acceptors (Lipinski definition) is 5. The van der Waals surface area contributed by atoms with Crippen molar-refractivity contribution in [2.45, 2.75) is 19.1 Å². The van der Waals surface area contributed by atoms with Crippen molar-refractivity contribution in [2.75, 3.05) is 33.5 Å². The van der Waals surface area contributed by atoms with Gasteiger partial charge in [-0.25, -0.2) is 0 Å². The summed E-state index contributed by atoms with van der Waals surface area (Å²) >= 11 is 0. The Kier molecular flexibility index (Phi) is 7.43. The minimum absolute atomic E-state index is 0.105. The van der Waals surface area contributed by atoms with E-state index in [0.717, 1.165) is 5.56 Å². The van der Waals surface area contributed by atoms with Gasteiger partial charge in [-0.2, -0.15) is 0 Å². The third-order valence-corrected chi connectivity index (χ3v) is 2.58. The first kappa shape index (κ1) is 15.9. The largest absolute Gasteiger partial charge is 0.490 e. The Morgan fingerprint density at radius 3 is 2.63 bits per heavy atom. The molecule has 1 aromatic carbocycles. The Labute approximate surface area is 114 Å². The SMILES string of the molecule is COCCOCC(O)COc1ccccc1C(C)N. The molecule has 0 fully saturated rings. The summed E-state index contributed by atoms with van der Waals surface area (Å²) in [7, 11) is 1.60. The van der Waals surface area contributed by atoms with E-state index in [1.807, 2.05) is 31.2 Å². The highest BCUT2D eigenvalue weighted by molar-refractivity contribution is 5.35. The second kappa shape index (κ2) is 8.87. The molecule has 5 nitrogen and oxygen atoms in total. The van der Waals surface area contributed by atoms with Crippen LogP contribution in [0.15, 0.2) is 24.3 Å². The normalized spacial score (nSPS) is 14.1. The van der Waals surface area contributed by atoms with Gasteiger partial charge in [-0.05, 0) is 13.0 Å². The van der Waals surface area contributed by atoms with Crippen LogP contribution in [-0.4, -0.2) is 44.7 Å². The lowest BCUT2D eigenvalue weighted by Gasteiger charge is -2.16. The summed E-state index contributed by atoms with van der Waals surface area (Å²) in [6.45, 7) is 3.28. The maximum atomic E-state index is 9.72. The molecule has 1 aromatic rings. The van der Waals surface area contributed by atoms with Crippen molar-refractivity contribution >= 4 is 0 Å². The van der Waals surface area contributed by atoms with E-state index in [2.05, 4.69) is 0 Å². The van der Waals surface area contributed by atoms with Crippen LogP contribution < -0.4 is 10.5 Å². The Morgan fingerprint density at radius 2 is 1.95 bits per heavy atom. The summed E-state index contributed by atoms with van der Waals surface area (Å²) in [5.41, 5.74) is 6.78. The fraction of sp³-hybridized carbons (Fsp3) is 0.571. The van der Waals surface area contributed by atoms with Gasteiger partial charge in [0.15, 0.2) is 0 Å². The second-order valence-electron chi connectivity index (χ2n) is 4.36. The first-order valence-corrected chi connectivity index (χ1v) is 6.37. The predicted octanol–water partition coefficient (Wildman–Crippen LogP) is 1.11. The molecule has 0 heterocycles. The fourth-order valence-corrected chi connectivity index (χ4v) is 1.58. The Bertz CT molecular complexity index is 357. The molecule has 0 aliphatic rings. The van der Waals surface area contributed by atoms with E-state index in [-0.39, 0.29) is 19.3 Å². The monoisotopic (exact) mass is 269 g/mol. The van der Waals surface area contributed by atoms with Crippen LogP contribution in [-0.2, 0) is 9.47 Å². The zero-order chi connectivity index (χ0) is 14.1. The highest BCUT2D eigenvalue weighted by Gasteiger charge is 2.10. The zero-order valence-corrected chi connectivity index (χ0v) is 11.5. The molecule has 2 atom stereocenters. The van der Waals surface area contributed by atoms with Crippen molar-refractivity contribution < 1.29 is 19.3 Å². The maximum Gasteiger partial charge on any atom is 0.124 e. The molecule has 0 saturated carbocycles. The van der Waals surface area contributed by atoms with Gasteiger partial charge in [-0.1, -0.05) is 18.2 Å². The minimum Gasteiger partial charge on any atom is -0.490 e. The highest BCUT2D eigenvalue weighted by Crippen LogP contribution is 2.23. The molecule has 1 rings (SSSR count).